The number of para-hydroxylation sites is 1. The van der Waals surface area contributed by atoms with Gasteiger partial charge in [-0.2, -0.15) is 0 Å². The van der Waals surface area contributed by atoms with Gasteiger partial charge in [-0.05, 0) is 37.2 Å². The molecular formula is C18H22N2O2. The van der Waals surface area contributed by atoms with E-state index in [1.165, 1.54) is 5.56 Å². The van der Waals surface area contributed by atoms with E-state index >= 15 is 0 Å². The number of benzene rings is 2. The van der Waals surface area contributed by atoms with Gasteiger partial charge in [0.1, 0.15) is 12.4 Å². The molecule has 1 amide bonds. The SMILES string of the molecule is CNCCNC(=O)c1ccccc1OCc1ccccc1C. The number of aryl methyl sites for hydroxylation is 1. The standard InChI is InChI=1S/C18H22N2O2/c1-14-7-3-4-8-15(14)13-22-17-10-6-5-9-16(17)18(21)20-12-11-19-2/h3-10,19H,11-13H2,1-2H3,(H,20,21). The molecule has 2 N–H and O–H groups in total. The van der Waals surface area contributed by atoms with Crippen LogP contribution in [-0.2, 0) is 6.61 Å². The number of ether oxygens (including phenoxy) is 1. The number of hydrogen-bond acceptors (Lipinski definition) is 3. The van der Waals surface area contributed by atoms with E-state index < -0.39 is 0 Å². The summed E-state index contributed by atoms with van der Waals surface area (Å²) in [5.41, 5.74) is 2.86. The number of nitrogens with one attached hydrogen (secondary N) is 2. The van der Waals surface area contributed by atoms with Gasteiger partial charge in [-0.25, -0.2) is 0 Å². The predicted octanol–water partition coefficient (Wildman–Crippen LogP) is 2.52. The fourth-order valence-electron chi connectivity index (χ4n) is 2.10. The summed E-state index contributed by atoms with van der Waals surface area (Å²) >= 11 is 0. The zero-order valence-electron chi connectivity index (χ0n) is 13.1. The van der Waals surface area contributed by atoms with Crippen molar-refractivity contribution in [2.45, 2.75) is 13.5 Å². The Morgan fingerprint density at radius 1 is 1.05 bits per heavy atom. The molecule has 2 aromatic carbocycles. The third kappa shape index (κ3) is 4.33. The molecule has 4 nitrogen and oxygen atoms in total. The van der Waals surface area contributed by atoms with E-state index in [1.807, 2.05) is 43.4 Å². The summed E-state index contributed by atoms with van der Waals surface area (Å²) in [4.78, 5) is 12.2. The fourth-order valence-corrected chi connectivity index (χ4v) is 2.10. The highest BCUT2D eigenvalue weighted by atomic mass is 16.5. The quantitative estimate of drug-likeness (QED) is 0.772. The molecule has 2 rings (SSSR count). The average molecular weight is 298 g/mol. The van der Waals surface area contributed by atoms with E-state index in [0.717, 1.165) is 12.1 Å². The molecule has 0 radical (unpaired) electrons. The lowest BCUT2D eigenvalue weighted by atomic mass is 10.1. The van der Waals surface area contributed by atoms with Gasteiger partial charge in [0.05, 0.1) is 5.56 Å². The summed E-state index contributed by atoms with van der Waals surface area (Å²) in [5, 5.41) is 5.86. The molecule has 116 valence electrons. The fraction of sp³-hybridized carbons (Fsp3) is 0.278. The van der Waals surface area contributed by atoms with Gasteiger partial charge in [-0.15, -0.1) is 0 Å². The molecule has 0 aliphatic heterocycles. The summed E-state index contributed by atoms with van der Waals surface area (Å²) in [6, 6.07) is 15.4. The Morgan fingerprint density at radius 2 is 1.77 bits per heavy atom. The minimum atomic E-state index is -0.115. The Labute approximate surface area is 131 Å². The van der Waals surface area contributed by atoms with Crippen LogP contribution in [0.15, 0.2) is 48.5 Å². The van der Waals surface area contributed by atoms with E-state index in [4.69, 9.17) is 4.74 Å². The van der Waals surface area contributed by atoms with Gasteiger partial charge in [-0.3, -0.25) is 4.79 Å². The van der Waals surface area contributed by atoms with E-state index in [-0.39, 0.29) is 5.91 Å². The molecule has 0 aromatic heterocycles. The number of carbonyl (C=O) groups is 1. The van der Waals surface area contributed by atoms with Crippen LogP contribution in [0.3, 0.4) is 0 Å². The highest BCUT2D eigenvalue weighted by Gasteiger charge is 2.11. The first-order chi connectivity index (χ1) is 10.7. The molecule has 0 spiro atoms. The maximum atomic E-state index is 12.2. The van der Waals surface area contributed by atoms with Gasteiger partial charge in [0.15, 0.2) is 0 Å². The van der Waals surface area contributed by atoms with Crippen LogP contribution in [-0.4, -0.2) is 26.0 Å². The normalized spacial score (nSPS) is 10.3. The molecule has 0 fully saturated rings. The maximum Gasteiger partial charge on any atom is 0.255 e. The first kappa shape index (κ1) is 16.0. The summed E-state index contributed by atoms with van der Waals surface area (Å²) in [6.07, 6.45) is 0. The van der Waals surface area contributed by atoms with Crippen LogP contribution in [0.5, 0.6) is 5.75 Å². The lowest BCUT2D eigenvalue weighted by Gasteiger charge is -2.12. The van der Waals surface area contributed by atoms with Crippen LogP contribution in [0.25, 0.3) is 0 Å². The second kappa shape index (κ2) is 8.20. The number of rotatable bonds is 7. The Bertz CT molecular complexity index is 626. The molecule has 22 heavy (non-hydrogen) atoms. The van der Waals surface area contributed by atoms with Crippen LogP contribution < -0.4 is 15.4 Å². The molecule has 0 heterocycles. The van der Waals surface area contributed by atoms with Gasteiger partial charge in [0.2, 0.25) is 0 Å². The van der Waals surface area contributed by atoms with Gasteiger partial charge in [0, 0.05) is 13.1 Å². The van der Waals surface area contributed by atoms with Crippen molar-refractivity contribution in [3.05, 3.63) is 65.2 Å². The molecular weight excluding hydrogens is 276 g/mol. The van der Waals surface area contributed by atoms with E-state index in [0.29, 0.717) is 24.5 Å². The molecule has 2 aromatic rings. The molecule has 0 saturated heterocycles. The average Bonchev–Trinajstić information content (AvgIpc) is 2.54. The molecule has 0 saturated carbocycles. The van der Waals surface area contributed by atoms with Gasteiger partial charge in [-0.1, -0.05) is 36.4 Å². The minimum Gasteiger partial charge on any atom is -0.488 e. The lowest BCUT2D eigenvalue weighted by Crippen LogP contribution is -2.30. The number of hydrogen-bond donors (Lipinski definition) is 2. The summed E-state index contributed by atoms with van der Waals surface area (Å²) in [6.45, 7) is 3.82. The Hall–Kier alpha value is -2.33. The van der Waals surface area contributed by atoms with Crippen molar-refractivity contribution < 1.29 is 9.53 Å². The largest absolute Gasteiger partial charge is 0.488 e. The van der Waals surface area contributed by atoms with Crippen LogP contribution in [0.1, 0.15) is 21.5 Å². The second-order valence-corrected chi connectivity index (χ2v) is 5.07. The van der Waals surface area contributed by atoms with Crippen LogP contribution in [0.4, 0.5) is 0 Å². The van der Waals surface area contributed by atoms with E-state index in [1.54, 1.807) is 6.07 Å². The Balaban J connectivity index is 2.05. The second-order valence-electron chi connectivity index (χ2n) is 5.07. The summed E-state index contributed by atoms with van der Waals surface area (Å²) < 4.78 is 5.86. The number of amides is 1. The minimum absolute atomic E-state index is 0.115. The van der Waals surface area contributed by atoms with Crippen molar-refractivity contribution in [2.75, 3.05) is 20.1 Å². The maximum absolute atomic E-state index is 12.2. The molecule has 0 atom stereocenters. The first-order valence-corrected chi connectivity index (χ1v) is 7.41. The van der Waals surface area contributed by atoms with Crippen molar-refractivity contribution in [1.82, 2.24) is 10.6 Å². The van der Waals surface area contributed by atoms with E-state index in [2.05, 4.69) is 23.6 Å². The number of likely N-dealkylation sites (N-methyl/N-ethyl adjacent to an activating group) is 1. The zero-order chi connectivity index (χ0) is 15.8. The first-order valence-electron chi connectivity index (χ1n) is 7.41. The molecule has 0 bridgehead atoms. The van der Waals surface area contributed by atoms with Gasteiger partial charge < -0.3 is 15.4 Å². The third-order valence-electron chi connectivity index (χ3n) is 3.44. The van der Waals surface area contributed by atoms with Gasteiger partial charge in [0.25, 0.3) is 5.91 Å². The van der Waals surface area contributed by atoms with Crippen LogP contribution in [0, 0.1) is 6.92 Å². The van der Waals surface area contributed by atoms with Crippen LogP contribution in [0.2, 0.25) is 0 Å². The highest BCUT2D eigenvalue weighted by molar-refractivity contribution is 5.96. The van der Waals surface area contributed by atoms with Crippen molar-refractivity contribution in [1.29, 1.82) is 0 Å². The summed E-state index contributed by atoms with van der Waals surface area (Å²) in [5.74, 6) is 0.489. The Morgan fingerprint density at radius 3 is 2.55 bits per heavy atom. The third-order valence-corrected chi connectivity index (χ3v) is 3.44. The van der Waals surface area contributed by atoms with Crippen molar-refractivity contribution in [2.24, 2.45) is 0 Å². The molecule has 0 aliphatic carbocycles. The van der Waals surface area contributed by atoms with Crippen molar-refractivity contribution in [3.63, 3.8) is 0 Å². The highest BCUT2D eigenvalue weighted by Crippen LogP contribution is 2.20. The molecule has 4 heteroatoms. The van der Waals surface area contributed by atoms with E-state index in [9.17, 15) is 4.79 Å². The van der Waals surface area contributed by atoms with Crippen molar-refractivity contribution >= 4 is 5.91 Å². The molecule has 0 aliphatic rings. The predicted molar refractivity (Wildman–Crippen MR) is 88.2 cm³/mol. The topological polar surface area (TPSA) is 50.4 Å². The van der Waals surface area contributed by atoms with Gasteiger partial charge >= 0.3 is 0 Å². The monoisotopic (exact) mass is 298 g/mol. The number of carbonyl (C=O) groups excluding carboxylic acids is 1. The Kier molecular flexibility index (Phi) is 5.98. The smallest absolute Gasteiger partial charge is 0.255 e. The lowest BCUT2D eigenvalue weighted by molar-refractivity contribution is 0.0949. The van der Waals surface area contributed by atoms with Crippen molar-refractivity contribution in [3.8, 4) is 5.75 Å². The van der Waals surface area contributed by atoms with Crippen LogP contribution >= 0.6 is 0 Å². The summed E-state index contributed by atoms with van der Waals surface area (Å²) in [7, 11) is 1.85. The zero-order valence-corrected chi connectivity index (χ0v) is 13.1. The molecule has 0 unspecified atom stereocenters.